The fraction of sp³-hybridized carbons (Fsp3) is 0.455. The summed E-state index contributed by atoms with van der Waals surface area (Å²) in [7, 11) is 0. The molecule has 0 fully saturated rings. The zero-order valence-corrected chi connectivity index (χ0v) is 7.01. The minimum atomic E-state index is 0.759. The van der Waals surface area contributed by atoms with Gasteiger partial charge in [-0.3, -0.25) is 0 Å². The summed E-state index contributed by atoms with van der Waals surface area (Å²) in [4.78, 5) is 0. The van der Waals surface area contributed by atoms with E-state index >= 15 is 0 Å². The summed E-state index contributed by atoms with van der Waals surface area (Å²) < 4.78 is 0. The van der Waals surface area contributed by atoms with Crippen molar-refractivity contribution in [3.63, 3.8) is 0 Å². The first-order valence-corrected chi connectivity index (χ1v) is 4.48. The molecule has 2 aliphatic rings. The van der Waals surface area contributed by atoms with E-state index in [9.17, 15) is 0 Å². The van der Waals surface area contributed by atoms with Crippen molar-refractivity contribution < 1.29 is 0 Å². The molecule has 0 spiro atoms. The highest BCUT2D eigenvalue weighted by molar-refractivity contribution is 5.40. The van der Waals surface area contributed by atoms with Crippen LogP contribution in [0.3, 0.4) is 0 Å². The predicted octanol–water partition coefficient (Wildman–Crippen LogP) is 3.23. The number of hydrogen-bond donors (Lipinski definition) is 0. The Morgan fingerprint density at radius 2 is 2.36 bits per heavy atom. The van der Waals surface area contributed by atoms with E-state index in [0.717, 1.165) is 5.92 Å². The molecule has 1 atom stereocenters. The Balaban J connectivity index is 2.33. The van der Waals surface area contributed by atoms with Gasteiger partial charge in [-0.2, -0.15) is 0 Å². The third kappa shape index (κ3) is 1.07. The van der Waals surface area contributed by atoms with Crippen LogP contribution in [0.25, 0.3) is 0 Å². The molecule has 0 radical (unpaired) electrons. The zero-order chi connectivity index (χ0) is 7.68. The average Bonchev–Trinajstić information content (AvgIpc) is 2.47. The van der Waals surface area contributed by atoms with E-state index in [1.54, 1.807) is 11.1 Å². The average molecular weight is 146 g/mol. The van der Waals surface area contributed by atoms with E-state index in [1.165, 1.54) is 19.3 Å². The van der Waals surface area contributed by atoms with Gasteiger partial charge in [0, 0.05) is 5.92 Å². The number of rotatable bonds is 1. The van der Waals surface area contributed by atoms with E-state index in [1.807, 2.05) is 0 Å². The minimum Gasteiger partial charge on any atom is -0.0770 e. The number of hydrogen-bond acceptors (Lipinski definition) is 0. The summed E-state index contributed by atoms with van der Waals surface area (Å²) in [5.41, 5.74) is 3.28. The lowest BCUT2D eigenvalue weighted by atomic mass is 9.96. The highest BCUT2D eigenvalue weighted by Gasteiger charge is 2.20. The van der Waals surface area contributed by atoms with Crippen LogP contribution in [0.5, 0.6) is 0 Å². The first kappa shape index (κ1) is 6.90. The third-order valence-electron chi connectivity index (χ3n) is 2.72. The Labute approximate surface area is 68.3 Å². The van der Waals surface area contributed by atoms with Crippen LogP contribution in [0.4, 0.5) is 0 Å². The van der Waals surface area contributed by atoms with Crippen LogP contribution < -0.4 is 0 Å². The standard InChI is InChI=1S/C11H14/c1-2-9-7-8-10-5-3-4-6-11(9)10/h3-6,10H,2,7-8H2,1H3. The van der Waals surface area contributed by atoms with Crippen LogP contribution >= 0.6 is 0 Å². The smallest absolute Gasteiger partial charge is 0.00236 e. The van der Waals surface area contributed by atoms with Crippen molar-refractivity contribution in [2.45, 2.75) is 26.2 Å². The maximum Gasteiger partial charge on any atom is 0.00236 e. The van der Waals surface area contributed by atoms with E-state index < -0.39 is 0 Å². The van der Waals surface area contributed by atoms with Gasteiger partial charge in [-0.15, -0.1) is 0 Å². The molecule has 2 rings (SSSR count). The highest BCUT2D eigenvalue weighted by atomic mass is 14.3. The van der Waals surface area contributed by atoms with Crippen molar-refractivity contribution in [2.24, 2.45) is 5.92 Å². The van der Waals surface area contributed by atoms with Crippen molar-refractivity contribution in [1.82, 2.24) is 0 Å². The Kier molecular flexibility index (Phi) is 1.69. The molecule has 0 aromatic heterocycles. The molecule has 0 aromatic carbocycles. The SMILES string of the molecule is CCC1=C2C=CC=CC2CC1. The maximum absolute atomic E-state index is 2.33. The second-order valence-electron chi connectivity index (χ2n) is 3.30. The Morgan fingerprint density at radius 3 is 3.18 bits per heavy atom. The van der Waals surface area contributed by atoms with Crippen molar-refractivity contribution in [3.8, 4) is 0 Å². The monoisotopic (exact) mass is 146 g/mol. The van der Waals surface area contributed by atoms with Gasteiger partial charge in [0.05, 0.1) is 0 Å². The molecule has 0 aliphatic heterocycles. The quantitative estimate of drug-likeness (QED) is 0.532. The molecule has 0 saturated carbocycles. The van der Waals surface area contributed by atoms with Crippen LogP contribution in [0.2, 0.25) is 0 Å². The van der Waals surface area contributed by atoms with Crippen molar-refractivity contribution in [1.29, 1.82) is 0 Å². The molecule has 11 heavy (non-hydrogen) atoms. The molecule has 0 aromatic rings. The molecule has 1 unspecified atom stereocenters. The van der Waals surface area contributed by atoms with Gasteiger partial charge in [0.2, 0.25) is 0 Å². The van der Waals surface area contributed by atoms with Crippen LogP contribution in [0.15, 0.2) is 35.5 Å². The molecule has 0 amide bonds. The van der Waals surface area contributed by atoms with Crippen LogP contribution in [-0.4, -0.2) is 0 Å². The number of allylic oxidation sites excluding steroid dienone is 6. The predicted molar refractivity (Wildman–Crippen MR) is 48.3 cm³/mol. The molecule has 0 nitrogen and oxygen atoms in total. The van der Waals surface area contributed by atoms with E-state index in [2.05, 4.69) is 31.2 Å². The van der Waals surface area contributed by atoms with Gasteiger partial charge in [0.1, 0.15) is 0 Å². The van der Waals surface area contributed by atoms with Crippen molar-refractivity contribution in [3.05, 3.63) is 35.5 Å². The Morgan fingerprint density at radius 1 is 1.45 bits per heavy atom. The van der Waals surface area contributed by atoms with Gasteiger partial charge >= 0.3 is 0 Å². The first-order chi connectivity index (χ1) is 5.42. The van der Waals surface area contributed by atoms with E-state index in [4.69, 9.17) is 0 Å². The Bertz CT molecular complexity index is 241. The molecular weight excluding hydrogens is 132 g/mol. The first-order valence-electron chi connectivity index (χ1n) is 4.48. The molecule has 0 bridgehead atoms. The molecule has 2 aliphatic carbocycles. The summed E-state index contributed by atoms with van der Waals surface area (Å²) >= 11 is 0. The Hall–Kier alpha value is -0.780. The topological polar surface area (TPSA) is 0 Å². The van der Waals surface area contributed by atoms with Crippen molar-refractivity contribution in [2.75, 3.05) is 0 Å². The maximum atomic E-state index is 2.33. The summed E-state index contributed by atoms with van der Waals surface area (Å²) in [5, 5.41) is 0. The lowest BCUT2D eigenvalue weighted by Crippen LogP contribution is -1.95. The molecule has 0 heteroatoms. The van der Waals surface area contributed by atoms with Gasteiger partial charge < -0.3 is 0 Å². The van der Waals surface area contributed by atoms with Gasteiger partial charge in [0.25, 0.3) is 0 Å². The molecule has 0 heterocycles. The zero-order valence-electron chi connectivity index (χ0n) is 7.01. The largest absolute Gasteiger partial charge is 0.0770 e. The summed E-state index contributed by atoms with van der Waals surface area (Å²) in [6.45, 7) is 2.26. The van der Waals surface area contributed by atoms with Crippen LogP contribution in [-0.2, 0) is 0 Å². The van der Waals surface area contributed by atoms with Gasteiger partial charge in [0.15, 0.2) is 0 Å². The summed E-state index contributed by atoms with van der Waals surface area (Å²) in [5.74, 6) is 0.759. The van der Waals surface area contributed by atoms with Crippen LogP contribution in [0, 0.1) is 5.92 Å². The third-order valence-corrected chi connectivity index (χ3v) is 2.72. The second-order valence-corrected chi connectivity index (χ2v) is 3.30. The van der Waals surface area contributed by atoms with Gasteiger partial charge in [-0.25, -0.2) is 0 Å². The molecule has 58 valence electrons. The second kappa shape index (κ2) is 2.69. The van der Waals surface area contributed by atoms with Gasteiger partial charge in [-0.1, -0.05) is 36.8 Å². The fourth-order valence-electron chi connectivity index (χ4n) is 2.07. The lowest BCUT2D eigenvalue weighted by molar-refractivity contribution is 0.742. The summed E-state index contributed by atoms with van der Waals surface area (Å²) in [6, 6.07) is 0. The lowest BCUT2D eigenvalue weighted by Gasteiger charge is -2.09. The van der Waals surface area contributed by atoms with Crippen LogP contribution in [0.1, 0.15) is 26.2 Å². The van der Waals surface area contributed by atoms with E-state index in [0.29, 0.717) is 0 Å². The highest BCUT2D eigenvalue weighted by Crippen LogP contribution is 2.36. The van der Waals surface area contributed by atoms with E-state index in [-0.39, 0.29) is 0 Å². The summed E-state index contributed by atoms with van der Waals surface area (Å²) in [6.07, 6.45) is 12.9. The fourth-order valence-corrected chi connectivity index (χ4v) is 2.07. The minimum absolute atomic E-state index is 0.759. The van der Waals surface area contributed by atoms with Gasteiger partial charge in [-0.05, 0) is 24.8 Å². The normalized spacial score (nSPS) is 27.9. The molecule has 0 saturated heterocycles. The number of fused-ring (bicyclic) bond motifs is 1. The van der Waals surface area contributed by atoms with Crippen molar-refractivity contribution >= 4 is 0 Å². The molecular formula is C11H14. The molecule has 0 N–H and O–H groups in total.